The predicted molar refractivity (Wildman–Crippen MR) is 75.7 cm³/mol. The monoisotopic (exact) mass is 317 g/mol. The van der Waals surface area contributed by atoms with E-state index in [1.165, 1.54) is 6.33 Å². The van der Waals surface area contributed by atoms with Crippen LogP contribution in [-0.4, -0.2) is 17.0 Å². The highest BCUT2D eigenvalue weighted by atomic mass is 35.5. The Kier molecular flexibility index (Phi) is 4.08. The maximum Gasteiger partial charge on any atom is 0.416 e. The molecule has 0 saturated carbocycles. The average molecular weight is 318 g/mol. The van der Waals surface area contributed by atoms with E-state index in [1.807, 2.05) is 0 Å². The smallest absolute Gasteiger partial charge is 0.393 e. The van der Waals surface area contributed by atoms with Crippen molar-refractivity contribution in [1.82, 2.24) is 9.97 Å². The van der Waals surface area contributed by atoms with Crippen LogP contribution in [0.15, 0.2) is 24.5 Å². The molecule has 1 aromatic carbocycles. The maximum atomic E-state index is 12.7. The van der Waals surface area contributed by atoms with E-state index in [-0.39, 0.29) is 22.2 Å². The number of benzene rings is 1. The third-order valence-corrected chi connectivity index (χ3v) is 3.00. The van der Waals surface area contributed by atoms with Crippen LogP contribution in [0.2, 0.25) is 5.02 Å². The molecule has 0 spiro atoms. The van der Waals surface area contributed by atoms with Crippen LogP contribution >= 0.6 is 11.6 Å². The number of hydrogen-bond donors (Lipinski definition) is 3. The molecule has 21 heavy (non-hydrogen) atoms. The van der Waals surface area contributed by atoms with Crippen LogP contribution in [0.4, 0.5) is 36.2 Å². The van der Waals surface area contributed by atoms with Crippen LogP contribution in [0.1, 0.15) is 5.56 Å². The molecule has 0 bridgehead atoms. The van der Waals surface area contributed by atoms with Crippen LogP contribution in [0.3, 0.4) is 0 Å². The zero-order valence-electron chi connectivity index (χ0n) is 10.8. The van der Waals surface area contributed by atoms with Gasteiger partial charge in [0, 0.05) is 7.05 Å². The lowest BCUT2D eigenvalue weighted by molar-refractivity contribution is -0.137. The highest BCUT2D eigenvalue weighted by Crippen LogP contribution is 2.35. The number of nitrogen functional groups attached to an aromatic ring is 1. The van der Waals surface area contributed by atoms with Gasteiger partial charge in [0.15, 0.2) is 11.6 Å². The standard InChI is InChI=1S/C12H11ClF3N5/c1-18-10-9(17)11(20-5-19-10)21-8-4-6(12(14,15)16)2-3-7(8)13/h2-5H,17H2,1H3,(H2,18,19,20,21). The number of nitrogens with zero attached hydrogens (tertiary/aromatic N) is 2. The van der Waals surface area contributed by atoms with E-state index < -0.39 is 11.7 Å². The predicted octanol–water partition coefficient (Wildman–Crippen LogP) is 3.52. The molecular formula is C12H11ClF3N5. The summed E-state index contributed by atoms with van der Waals surface area (Å²) in [5.41, 5.74) is 5.21. The maximum absolute atomic E-state index is 12.7. The molecule has 0 fully saturated rings. The van der Waals surface area contributed by atoms with Gasteiger partial charge >= 0.3 is 6.18 Å². The van der Waals surface area contributed by atoms with Gasteiger partial charge in [-0.2, -0.15) is 13.2 Å². The van der Waals surface area contributed by atoms with Crippen LogP contribution in [0, 0.1) is 0 Å². The molecule has 0 amide bonds. The Morgan fingerprint density at radius 3 is 2.48 bits per heavy atom. The minimum atomic E-state index is -4.46. The first-order chi connectivity index (χ1) is 9.82. The Bertz CT molecular complexity index is 660. The average Bonchev–Trinajstić information content (AvgIpc) is 2.42. The summed E-state index contributed by atoms with van der Waals surface area (Å²) < 4.78 is 38.1. The fourth-order valence-electron chi connectivity index (χ4n) is 1.62. The molecule has 0 unspecified atom stereocenters. The van der Waals surface area contributed by atoms with Crippen LogP contribution in [0.25, 0.3) is 0 Å². The molecule has 1 heterocycles. The SMILES string of the molecule is CNc1ncnc(Nc2cc(C(F)(F)F)ccc2Cl)c1N. The second-order valence-corrected chi connectivity index (χ2v) is 4.46. The minimum Gasteiger partial charge on any atom is -0.393 e. The topological polar surface area (TPSA) is 75.9 Å². The Labute approximate surface area is 123 Å². The summed E-state index contributed by atoms with van der Waals surface area (Å²) in [6, 6.07) is 2.95. The molecule has 0 radical (unpaired) electrons. The lowest BCUT2D eigenvalue weighted by Gasteiger charge is -2.14. The fraction of sp³-hybridized carbons (Fsp3) is 0.167. The fourth-order valence-corrected chi connectivity index (χ4v) is 1.78. The normalized spacial score (nSPS) is 11.3. The van der Waals surface area contributed by atoms with Crippen molar-refractivity contribution in [2.24, 2.45) is 0 Å². The Morgan fingerprint density at radius 1 is 1.19 bits per heavy atom. The molecule has 0 atom stereocenters. The quantitative estimate of drug-likeness (QED) is 0.807. The first-order valence-electron chi connectivity index (χ1n) is 5.75. The van der Waals surface area contributed by atoms with E-state index in [1.54, 1.807) is 7.05 Å². The molecule has 112 valence electrons. The molecule has 0 aliphatic rings. The highest BCUT2D eigenvalue weighted by molar-refractivity contribution is 6.33. The summed E-state index contributed by atoms with van der Waals surface area (Å²) in [4.78, 5) is 7.77. The summed E-state index contributed by atoms with van der Waals surface area (Å²) >= 11 is 5.89. The van der Waals surface area contributed by atoms with Gasteiger partial charge in [0.05, 0.1) is 16.3 Å². The van der Waals surface area contributed by atoms with Crippen LogP contribution in [0.5, 0.6) is 0 Å². The van der Waals surface area contributed by atoms with Crippen molar-refractivity contribution in [3.63, 3.8) is 0 Å². The molecule has 2 rings (SSSR count). The van der Waals surface area contributed by atoms with Crippen molar-refractivity contribution in [3.05, 3.63) is 35.1 Å². The van der Waals surface area contributed by atoms with Gasteiger partial charge in [-0.05, 0) is 18.2 Å². The van der Waals surface area contributed by atoms with E-state index in [0.29, 0.717) is 5.82 Å². The summed E-state index contributed by atoms with van der Waals surface area (Å²) in [6.07, 6.45) is -3.24. The Balaban J connectivity index is 2.40. The van der Waals surface area contributed by atoms with E-state index in [2.05, 4.69) is 20.6 Å². The van der Waals surface area contributed by atoms with Crippen molar-refractivity contribution in [2.75, 3.05) is 23.4 Å². The molecule has 9 heteroatoms. The minimum absolute atomic E-state index is 0.0546. The molecule has 4 N–H and O–H groups in total. The second-order valence-electron chi connectivity index (χ2n) is 4.05. The zero-order valence-corrected chi connectivity index (χ0v) is 11.5. The van der Waals surface area contributed by atoms with E-state index in [4.69, 9.17) is 17.3 Å². The summed E-state index contributed by atoms with van der Waals surface area (Å²) in [7, 11) is 1.61. The first kappa shape index (κ1) is 15.2. The van der Waals surface area contributed by atoms with E-state index >= 15 is 0 Å². The number of hydrogen-bond acceptors (Lipinski definition) is 5. The van der Waals surface area contributed by atoms with Gasteiger partial charge in [-0.25, -0.2) is 9.97 Å². The van der Waals surface area contributed by atoms with Crippen molar-refractivity contribution < 1.29 is 13.2 Å². The van der Waals surface area contributed by atoms with Crippen molar-refractivity contribution in [1.29, 1.82) is 0 Å². The van der Waals surface area contributed by atoms with Gasteiger partial charge in [-0.3, -0.25) is 0 Å². The van der Waals surface area contributed by atoms with Gasteiger partial charge < -0.3 is 16.4 Å². The van der Waals surface area contributed by atoms with Crippen LogP contribution in [-0.2, 0) is 6.18 Å². The van der Waals surface area contributed by atoms with Crippen LogP contribution < -0.4 is 16.4 Å². The molecule has 0 aliphatic carbocycles. The molecule has 1 aromatic heterocycles. The van der Waals surface area contributed by atoms with E-state index in [9.17, 15) is 13.2 Å². The number of anilines is 4. The lowest BCUT2D eigenvalue weighted by Crippen LogP contribution is -2.07. The number of aromatic nitrogens is 2. The van der Waals surface area contributed by atoms with Crippen molar-refractivity contribution in [2.45, 2.75) is 6.18 Å². The van der Waals surface area contributed by atoms with Gasteiger partial charge in [0.2, 0.25) is 0 Å². The highest BCUT2D eigenvalue weighted by Gasteiger charge is 2.31. The number of nitrogens with one attached hydrogen (secondary N) is 2. The summed E-state index contributed by atoms with van der Waals surface area (Å²) in [6.45, 7) is 0. The molecule has 0 aliphatic heterocycles. The van der Waals surface area contributed by atoms with Crippen molar-refractivity contribution in [3.8, 4) is 0 Å². The first-order valence-corrected chi connectivity index (χ1v) is 6.12. The number of nitrogens with two attached hydrogens (primary N) is 1. The molecule has 5 nitrogen and oxygen atoms in total. The number of rotatable bonds is 3. The lowest BCUT2D eigenvalue weighted by atomic mass is 10.2. The number of alkyl halides is 3. The van der Waals surface area contributed by atoms with Gasteiger partial charge in [-0.15, -0.1) is 0 Å². The molecular weight excluding hydrogens is 307 g/mol. The van der Waals surface area contributed by atoms with Gasteiger partial charge in [0.25, 0.3) is 0 Å². The molecule has 0 saturated heterocycles. The Hall–Kier alpha value is -2.22. The molecule has 2 aromatic rings. The Morgan fingerprint density at radius 2 is 1.86 bits per heavy atom. The third-order valence-electron chi connectivity index (χ3n) is 2.67. The third kappa shape index (κ3) is 3.27. The van der Waals surface area contributed by atoms with E-state index in [0.717, 1.165) is 18.2 Å². The number of halogens is 4. The van der Waals surface area contributed by atoms with Gasteiger partial charge in [0.1, 0.15) is 12.0 Å². The van der Waals surface area contributed by atoms with Gasteiger partial charge in [-0.1, -0.05) is 11.6 Å². The summed E-state index contributed by atoms with van der Waals surface area (Å²) in [5, 5.41) is 5.54. The largest absolute Gasteiger partial charge is 0.416 e. The summed E-state index contributed by atoms with van der Waals surface area (Å²) in [5.74, 6) is 0.520. The van der Waals surface area contributed by atoms with Crippen molar-refractivity contribution >= 4 is 34.6 Å². The zero-order chi connectivity index (χ0) is 15.6. The second kappa shape index (κ2) is 5.65.